The number of carbonyl (C=O) groups is 1. The van der Waals surface area contributed by atoms with Crippen LogP contribution in [-0.2, 0) is 18.4 Å². The van der Waals surface area contributed by atoms with Gasteiger partial charge < -0.3 is 34.0 Å². The number of allylic oxidation sites excluding steroid dienone is 8. The summed E-state index contributed by atoms with van der Waals surface area (Å²) >= 11 is 0. The van der Waals surface area contributed by atoms with Gasteiger partial charge in [-0.25, -0.2) is 0 Å². The third-order valence-corrected chi connectivity index (χ3v) is 14.1. The van der Waals surface area contributed by atoms with Crippen molar-refractivity contribution in [3.8, 4) is 0 Å². The van der Waals surface area contributed by atoms with Gasteiger partial charge in [0, 0.05) is 6.42 Å². The molecule has 0 aliphatic rings. The van der Waals surface area contributed by atoms with E-state index in [0.717, 1.165) is 51.4 Å². The van der Waals surface area contributed by atoms with Gasteiger partial charge in [0.05, 0.1) is 39.9 Å². The van der Waals surface area contributed by atoms with Gasteiger partial charge in [-0.15, -0.1) is 0 Å². The SMILES string of the molecule is CCCCC/C=C/CC/C=C/CCCC(O)C(O)C(COP(=O)([O-])OCC[N+](C)(C)C)NC(=O)CCCCCCCCCCCCCCCCCCCCCCC/C=C\C/C=C\CCCCCCC. The second-order valence-electron chi connectivity index (χ2n) is 21.1. The van der Waals surface area contributed by atoms with Crippen molar-refractivity contribution in [3.63, 3.8) is 0 Å². The molecule has 0 saturated carbocycles. The van der Waals surface area contributed by atoms with Gasteiger partial charge in [0.2, 0.25) is 5.91 Å². The van der Waals surface area contributed by atoms with Crippen molar-refractivity contribution < 1.29 is 38.0 Å². The largest absolute Gasteiger partial charge is 0.756 e. The Hall–Kier alpha value is -1.58. The predicted octanol–water partition coefficient (Wildman–Crippen LogP) is 15.9. The highest BCUT2D eigenvalue weighted by atomic mass is 31.2. The number of rotatable bonds is 53. The zero-order valence-corrected chi connectivity index (χ0v) is 46.8. The maximum atomic E-state index is 13.0. The minimum Gasteiger partial charge on any atom is -0.756 e. The molecule has 9 nitrogen and oxygen atoms in total. The van der Waals surface area contributed by atoms with Crippen molar-refractivity contribution in [1.82, 2.24) is 5.32 Å². The second kappa shape index (κ2) is 50.0. The number of nitrogens with one attached hydrogen (secondary N) is 1. The van der Waals surface area contributed by atoms with Crippen molar-refractivity contribution in [2.75, 3.05) is 40.9 Å². The zero-order chi connectivity index (χ0) is 50.8. The van der Waals surface area contributed by atoms with Crippen molar-refractivity contribution in [2.45, 2.75) is 283 Å². The Morgan fingerprint density at radius 2 is 0.884 bits per heavy atom. The van der Waals surface area contributed by atoms with Crippen molar-refractivity contribution in [2.24, 2.45) is 0 Å². The van der Waals surface area contributed by atoms with Crippen molar-refractivity contribution >= 4 is 13.7 Å². The summed E-state index contributed by atoms with van der Waals surface area (Å²) in [4.78, 5) is 25.5. The molecule has 0 aromatic rings. The number of nitrogens with zero attached hydrogens (tertiary/aromatic N) is 1. The van der Waals surface area contributed by atoms with Crippen LogP contribution in [-0.4, -0.2) is 79.8 Å². The summed E-state index contributed by atoms with van der Waals surface area (Å²) in [5.74, 6) is -0.290. The van der Waals surface area contributed by atoms with Gasteiger partial charge >= 0.3 is 0 Å². The monoisotopic (exact) mass is 993 g/mol. The molecule has 0 heterocycles. The summed E-state index contributed by atoms with van der Waals surface area (Å²) in [6, 6.07) is -1.10. The number of aliphatic hydroxyl groups is 2. The average molecular weight is 994 g/mol. The molecule has 406 valence electrons. The van der Waals surface area contributed by atoms with Crippen LogP contribution in [0.2, 0.25) is 0 Å². The van der Waals surface area contributed by atoms with Crippen molar-refractivity contribution in [1.29, 1.82) is 0 Å². The highest BCUT2D eigenvalue weighted by Crippen LogP contribution is 2.38. The summed E-state index contributed by atoms with van der Waals surface area (Å²) in [7, 11) is 1.10. The molecule has 0 aromatic heterocycles. The fraction of sp³-hybridized carbons (Fsp3) is 0.847. The van der Waals surface area contributed by atoms with Crippen LogP contribution in [0.15, 0.2) is 48.6 Å². The Kier molecular flexibility index (Phi) is 48.8. The number of hydrogen-bond acceptors (Lipinski definition) is 7. The lowest BCUT2D eigenvalue weighted by atomic mass is 10.0. The third-order valence-electron chi connectivity index (χ3n) is 13.1. The number of hydrogen-bond donors (Lipinski definition) is 3. The summed E-state index contributed by atoms with van der Waals surface area (Å²) in [6.45, 7) is 4.38. The average Bonchev–Trinajstić information content (AvgIpc) is 3.31. The molecular formula is C59H113N2O7P. The van der Waals surface area contributed by atoms with Crippen LogP contribution in [0.3, 0.4) is 0 Å². The molecule has 0 fully saturated rings. The van der Waals surface area contributed by atoms with E-state index in [4.69, 9.17) is 9.05 Å². The Morgan fingerprint density at radius 3 is 1.33 bits per heavy atom. The minimum absolute atomic E-state index is 0.0484. The summed E-state index contributed by atoms with van der Waals surface area (Å²) in [6.07, 6.45) is 62.0. The molecule has 0 bridgehead atoms. The Bertz CT molecular complexity index is 1280. The first-order valence-corrected chi connectivity index (χ1v) is 30.5. The van der Waals surface area contributed by atoms with Gasteiger partial charge in [-0.2, -0.15) is 0 Å². The number of phosphoric ester groups is 1. The zero-order valence-electron chi connectivity index (χ0n) is 45.9. The fourth-order valence-corrected chi connectivity index (χ4v) is 9.20. The molecule has 4 atom stereocenters. The fourth-order valence-electron chi connectivity index (χ4n) is 8.48. The second-order valence-corrected chi connectivity index (χ2v) is 22.5. The van der Waals surface area contributed by atoms with Crippen LogP contribution in [0, 0.1) is 0 Å². The quantitative estimate of drug-likeness (QED) is 0.0240. The predicted molar refractivity (Wildman–Crippen MR) is 294 cm³/mol. The number of unbranched alkanes of at least 4 members (excludes halogenated alkanes) is 31. The van der Waals surface area contributed by atoms with Crippen LogP contribution < -0.4 is 10.2 Å². The topological polar surface area (TPSA) is 128 Å². The number of aliphatic hydroxyl groups excluding tert-OH is 2. The smallest absolute Gasteiger partial charge is 0.268 e. The summed E-state index contributed by atoms with van der Waals surface area (Å²) in [5, 5.41) is 24.7. The Labute approximate surface area is 427 Å². The van der Waals surface area contributed by atoms with E-state index in [0.29, 0.717) is 30.3 Å². The molecule has 0 aliphatic heterocycles. The van der Waals surface area contributed by atoms with E-state index in [9.17, 15) is 24.5 Å². The van der Waals surface area contributed by atoms with Crippen LogP contribution in [0.25, 0.3) is 0 Å². The van der Waals surface area contributed by atoms with E-state index < -0.39 is 32.7 Å². The van der Waals surface area contributed by atoms with Gasteiger partial charge in [0.25, 0.3) is 7.82 Å². The first-order valence-electron chi connectivity index (χ1n) is 29.1. The number of phosphoric acid groups is 1. The number of amides is 1. The van der Waals surface area contributed by atoms with Crippen LogP contribution >= 0.6 is 7.82 Å². The first-order chi connectivity index (χ1) is 33.4. The highest BCUT2D eigenvalue weighted by molar-refractivity contribution is 7.45. The van der Waals surface area contributed by atoms with Crippen LogP contribution in [0.4, 0.5) is 0 Å². The van der Waals surface area contributed by atoms with Crippen molar-refractivity contribution in [3.05, 3.63) is 48.6 Å². The van der Waals surface area contributed by atoms with Gasteiger partial charge in [0.1, 0.15) is 19.3 Å². The van der Waals surface area contributed by atoms with E-state index in [1.54, 1.807) is 0 Å². The molecule has 0 radical (unpaired) electrons. The molecule has 3 N–H and O–H groups in total. The van der Waals surface area contributed by atoms with Gasteiger partial charge in [-0.1, -0.05) is 223 Å². The minimum atomic E-state index is -4.68. The van der Waals surface area contributed by atoms with E-state index in [2.05, 4.69) is 67.8 Å². The normalized spacial score (nSPS) is 14.7. The third kappa shape index (κ3) is 51.1. The van der Waals surface area contributed by atoms with Crippen LogP contribution in [0.1, 0.15) is 264 Å². The van der Waals surface area contributed by atoms with E-state index in [1.165, 1.54) is 173 Å². The summed E-state index contributed by atoms with van der Waals surface area (Å²) in [5.41, 5.74) is 0. The molecule has 0 rings (SSSR count). The Balaban J connectivity index is 4.07. The highest BCUT2D eigenvalue weighted by Gasteiger charge is 2.29. The molecular weight excluding hydrogens is 880 g/mol. The van der Waals surface area contributed by atoms with Gasteiger partial charge in [0.15, 0.2) is 0 Å². The number of carbonyl (C=O) groups excluding carboxylic acids is 1. The molecule has 0 aliphatic carbocycles. The van der Waals surface area contributed by atoms with E-state index in [-0.39, 0.29) is 18.9 Å². The number of likely N-dealkylation sites (N-methyl/N-ethyl adjacent to an activating group) is 1. The maximum Gasteiger partial charge on any atom is 0.268 e. The van der Waals surface area contributed by atoms with E-state index in [1.807, 2.05) is 21.1 Å². The van der Waals surface area contributed by atoms with E-state index >= 15 is 0 Å². The molecule has 0 spiro atoms. The maximum absolute atomic E-state index is 13.0. The molecule has 4 unspecified atom stereocenters. The molecule has 0 saturated heterocycles. The van der Waals surface area contributed by atoms with Gasteiger partial charge in [-0.05, 0) is 83.5 Å². The lowest BCUT2D eigenvalue weighted by Gasteiger charge is -2.31. The molecule has 69 heavy (non-hydrogen) atoms. The standard InChI is InChI=1S/C59H113N2O7P/c1-6-8-10-12-14-16-18-20-21-22-23-24-25-26-27-28-29-30-31-32-33-34-35-36-37-38-39-40-42-44-46-48-50-52-58(63)60-56(55-68-69(65,66)67-54-53-61(3,4)5)59(64)57(62)51-49-47-45-43-41-19-17-15-13-11-9-7-2/h15,17-18,20,22-23,43,45,56-57,59,62,64H,6-14,16,19,21,24-42,44,46-55H2,1-5H3,(H-,60,63,65,66)/b17-15+,20-18-,23-22-,45-43+. The number of quaternary nitrogens is 1. The Morgan fingerprint density at radius 1 is 0.522 bits per heavy atom. The van der Waals surface area contributed by atoms with Gasteiger partial charge in [-0.3, -0.25) is 9.36 Å². The van der Waals surface area contributed by atoms with Crippen LogP contribution in [0.5, 0.6) is 0 Å². The summed E-state index contributed by atoms with van der Waals surface area (Å²) < 4.78 is 23.2. The molecule has 10 heteroatoms. The molecule has 1 amide bonds. The lowest BCUT2D eigenvalue weighted by molar-refractivity contribution is -0.870. The lowest BCUT2D eigenvalue weighted by Crippen LogP contribution is -2.51. The first kappa shape index (κ1) is 67.4. The molecule has 0 aromatic carbocycles.